The van der Waals surface area contributed by atoms with Crippen LogP contribution >= 0.6 is 0 Å². The minimum atomic E-state index is -3.43. The molecule has 1 aliphatic heterocycles. The third-order valence-electron chi connectivity index (χ3n) is 4.30. The molecular weight excluding hydrogens is 357 g/mol. The van der Waals surface area contributed by atoms with Crippen molar-refractivity contribution in [1.29, 1.82) is 0 Å². The highest BCUT2D eigenvalue weighted by Gasteiger charge is 2.29. The van der Waals surface area contributed by atoms with E-state index in [-0.39, 0.29) is 11.9 Å². The highest BCUT2D eigenvalue weighted by atomic mass is 32.2. The summed E-state index contributed by atoms with van der Waals surface area (Å²) in [6, 6.07) is 14.3. The van der Waals surface area contributed by atoms with Gasteiger partial charge < -0.3 is 9.47 Å². The summed E-state index contributed by atoms with van der Waals surface area (Å²) in [6.07, 6.45) is 1.33. The Balaban J connectivity index is 1.40. The molecule has 0 bridgehead atoms. The van der Waals surface area contributed by atoms with Crippen LogP contribution in [0.15, 0.2) is 59.5 Å². The van der Waals surface area contributed by atoms with E-state index >= 15 is 0 Å². The molecule has 0 saturated carbocycles. The first-order chi connectivity index (χ1) is 12.6. The first kappa shape index (κ1) is 18.8. The lowest BCUT2D eigenvalue weighted by Gasteiger charge is -2.31. The lowest BCUT2D eigenvalue weighted by Crippen LogP contribution is -2.41. The summed E-state index contributed by atoms with van der Waals surface area (Å²) in [5.41, 5.74) is 0. The molecule has 0 atom stereocenters. The van der Waals surface area contributed by atoms with E-state index in [4.69, 9.17) is 9.47 Å². The number of hydrogen-bond acceptors (Lipinski definition) is 4. The maximum absolute atomic E-state index is 12.8. The fourth-order valence-corrected chi connectivity index (χ4v) is 4.38. The monoisotopic (exact) mass is 379 g/mol. The van der Waals surface area contributed by atoms with Gasteiger partial charge in [-0.25, -0.2) is 12.8 Å². The Bertz CT molecular complexity index is 788. The van der Waals surface area contributed by atoms with Gasteiger partial charge in [0.1, 0.15) is 18.2 Å². The molecule has 5 nitrogen and oxygen atoms in total. The SMILES string of the molecule is O=S(=O)(c1ccccc1)N1CCC(OCCOc2ccc(F)cc2)CC1. The number of halogens is 1. The third-order valence-corrected chi connectivity index (χ3v) is 6.21. The molecule has 0 N–H and O–H groups in total. The lowest BCUT2D eigenvalue weighted by molar-refractivity contribution is 0.00700. The molecule has 0 amide bonds. The minimum Gasteiger partial charge on any atom is -0.491 e. The van der Waals surface area contributed by atoms with Crippen molar-refractivity contribution in [2.45, 2.75) is 23.8 Å². The van der Waals surface area contributed by atoms with Crippen LogP contribution in [0.5, 0.6) is 5.75 Å². The van der Waals surface area contributed by atoms with Crippen LogP contribution in [0.3, 0.4) is 0 Å². The molecule has 1 fully saturated rings. The summed E-state index contributed by atoms with van der Waals surface area (Å²) >= 11 is 0. The normalized spacial score (nSPS) is 16.5. The molecule has 2 aromatic carbocycles. The number of rotatable bonds is 7. The summed E-state index contributed by atoms with van der Waals surface area (Å²) < 4.78 is 50.7. The van der Waals surface area contributed by atoms with Crippen molar-refractivity contribution in [3.63, 3.8) is 0 Å². The largest absolute Gasteiger partial charge is 0.491 e. The summed E-state index contributed by atoms with van der Waals surface area (Å²) in [5, 5.41) is 0. The van der Waals surface area contributed by atoms with Gasteiger partial charge in [-0.2, -0.15) is 4.31 Å². The van der Waals surface area contributed by atoms with Crippen molar-refractivity contribution in [2.24, 2.45) is 0 Å². The maximum atomic E-state index is 12.8. The number of hydrogen-bond donors (Lipinski definition) is 0. The first-order valence-corrected chi connectivity index (χ1v) is 10.0. The molecule has 0 unspecified atom stereocenters. The van der Waals surface area contributed by atoms with Crippen molar-refractivity contribution in [1.82, 2.24) is 4.31 Å². The molecule has 26 heavy (non-hydrogen) atoms. The average Bonchev–Trinajstić information content (AvgIpc) is 2.68. The summed E-state index contributed by atoms with van der Waals surface area (Å²) in [4.78, 5) is 0.326. The number of ether oxygens (including phenoxy) is 2. The van der Waals surface area contributed by atoms with Gasteiger partial charge in [-0.1, -0.05) is 18.2 Å². The van der Waals surface area contributed by atoms with Crippen LogP contribution in [0.2, 0.25) is 0 Å². The highest BCUT2D eigenvalue weighted by molar-refractivity contribution is 7.89. The van der Waals surface area contributed by atoms with Gasteiger partial charge in [0.25, 0.3) is 0 Å². The van der Waals surface area contributed by atoms with Gasteiger partial charge in [-0.15, -0.1) is 0 Å². The van der Waals surface area contributed by atoms with Gasteiger partial charge >= 0.3 is 0 Å². The molecule has 1 aliphatic rings. The van der Waals surface area contributed by atoms with E-state index in [2.05, 4.69) is 0 Å². The van der Waals surface area contributed by atoms with Crippen LogP contribution in [0, 0.1) is 5.82 Å². The van der Waals surface area contributed by atoms with Crippen molar-refractivity contribution >= 4 is 10.0 Å². The molecule has 1 saturated heterocycles. The predicted molar refractivity (Wildman–Crippen MR) is 96.1 cm³/mol. The zero-order valence-corrected chi connectivity index (χ0v) is 15.2. The van der Waals surface area contributed by atoms with Crippen molar-refractivity contribution in [2.75, 3.05) is 26.3 Å². The minimum absolute atomic E-state index is 0.0223. The Morgan fingerprint density at radius 1 is 0.962 bits per heavy atom. The molecule has 3 rings (SSSR count). The standard InChI is InChI=1S/C19H22FNO4S/c20-16-6-8-17(9-7-16)24-14-15-25-18-10-12-21(13-11-18)26(22,23)19-4-2-1-3-5-19/h1-9,18H,10-15H2. The van der Waals surface area contributed by atoms with Gasteiger partial charge in [-0.05, 0) is 49.2 Å². The van der Waals surface area contributed by atoms with E-state index in [1.807, 2.05) is 0 Å². The van der Waals surface area contributed by atoms with Gasteiger partial charge in [0.15, 0.2) is 0 Å². The van der Waals surface area contributed by atoms with E-state index in [1.54, 1.807) is 42.5 Å². The van der Waals surface area contributed by atoms with Crippen LogP contribution in [0.25, 0.3) is 0 Å². The molecular formula is C19H22FNO4S. The van der Waals surface area contributed by atoms with Gasteiger partial charge in [0, 0.05) is 13.1 Å². The van der Waals surface area contributed by atoms with Gasteiger partial charge in [0.2, 0.25) is 10.0 Å². The first-order valence-electron chi connectivity index (χ1n) is 8.61. The molecule has 1 heterocycles. The number of nitrogens with zero attached hydrogens (tertiary/aromatic N) is 1. The Kier molecular flexibility index (Phi) is 6.24. The smallest absolute Gasteiger partial charge is 0.243 e. The van der Waals surface area contributed by atoms with Gasteiger partial charge in [0.05, 0.1) is 17.6 Å². The van der Waals surface area contributed by atoms with Crippen molar-refractivity contribution in [3.05, 3.63) is 60.4 Å². The van der Waals surface area contributed by atoms with Gasteiger partial charge in [-0.3, -0.25) is 0 Å². The van der Waals surface area contributed by atoms with Crippen molar-refractivity contribution < 1.29 is 22.3 Å². The number of sulfonamides is 1. The van der Waals surface area contributed by atoms with E-state index in [9.17, 15) is 12.8 Å². The molecule has 2 aromatic rings. The molecule has 140 valence electrons. The zero-order valence-electron chi connectivity index (χ0n) is 14.4. The molecule has 0 spiro atoms. The van der Waals surface area contributed by atoms with Crippen molar-refractivity contribution in [3.8, 4) is 5.75 Å². The average molecular weight is 379 g/mol. The number of piperidine rings is 1. The summed E-state index contributed by atoms with van der Waals surface area (Å²) in [6.45, 7) is 1.67. The van der Waals surface area contributed by atoms with E-state index in [0.717, 1.165) is 0 Å². The summed E-state index contributed by atoms with van der Waals surface area (Å²) in [7, 11) is -3.43. The molecule has 0 radical (unpaired) electrons. The van der Waals surface area contributed by atoms with E-state index < -0.39 is 10.0 Å². The Labute approximate surface area is 153 Å². The van der Waals surface area contributed by atoms with Crippen LogP contribution < -0.4 is 4.74 Å². The fraction of sp³-hybridized carbons (Fsp3) is 0.368. The lowest BCUT2D eigenvalue weighted by atomic mass is 10.1. The van der Waals surface area contributed by atoms with Crippen LogP contribution in [-0.2, 0) is 14.8 Å². The second-order valence-corrected chi connectivity index (χ2v) is 8.03. The topological polar surface area (TPSA) is 55.8 Å². The Hall–Kier alpha value is -1.96. The third kappa shape index (κ3) is 4.81. The molecule has 7 heteroatoms. The number of benzene rings is 2. The Morgan fingerprint density at radius 3 is 2.27 bits per heavy atom. The second-order valence-electron chi connectivity index (χ2n) is 6.09. The van der Waals surface area contributed by atoms with E-state index in [1.165, 1.54) is 16.4 Å². The molecule has 0 aromatic heterocycles. The molecule has 0 aliphatic carbocycles. The van der Waals surface area contributed by atoms with Crippen LogP contribution in [0.1, 0.15) is 12.8 Å². The highest BCUT2D eigenvalue weighted by Crippen LogP contribution is 2.22. The second kappa shape index (κ2) is 8.62. The Morgan fingerprint density at radius 2 is 1.62 bits per heavy atom. The predicted octanol–water partition coefficient (Wildman–Crippen LogP) is 3.07. The van der Waals surface area contributed by atoms with Crippen LogP contribution in [-0.4, -0.2) is 45.1 Å². The quantitative estimate of drug-likeness (QED) is 0.694. The maximum Gasteiger partial charge on any atom is 0.243 e. The van der Waals surface area contributed by atoms with E-state index in [0.29, 0.717) is 49.8 Å². The summed E-state index contributed by atoms with van der Waals surface area (Å²) in [5.74, 6) is 0.296. The van der Waals surface area contributed by atoms with Crippen LogP contribution in [0.4, 0.5) is 4.39 Å². The fourth-order valence-electron chi connectivity index (χ4n) is 2.89. The zero-order chi connectivity index (χ0) is 18.4.